The number of rotatable bonds is 14. The summed E-state index contributed by atoms with van der Waals surface area (Å²) in [5.41, 5.74) is 2.28. The largest absolute Gasteiger partial charge is 0.383 e. The topological polar surface area (TPSA) is 66.9 Å². The highest BCUT2D eigenvalue weighted by Crippen LogP contribution is 2.10. The molecule has 0 aliphatic rings. The van der Waals surface area contributed by atoms with E-state index < -0.39 is 0 Å². The smallest absolute Gasteiger partial charge is 0.191 e. The van der Waals surface area contributed by atoms with Gasteiger partial charge in [-0.1, -0.05) is 25.5 Å². The summed E-state index contributed by atoms with van der Waals surface area (Å²) in [6.07, 6.45) is 3.30. The van der Waals surface area contributed by atoms with E-state index in [1.165, 1.54) is 12.0 Å². The minimum Gasteiger partial charge on any atom is -0.383 e. The van der Waals surface area contributed by atoms with Crippen LogP contribution in [0.3, 0.4) is 0 Å². The van der Waals surface area contributed by atoms with Crippen molar-refractivity contribution in [2.24, 2.45) is 4.99 Å². The fraction of sp³-hybridized carbons (Fsp3) is 0.650. The Morgan fingerprint density at radius 2 is 1.70 bits per heavy atom. The second-order valence-corrected chi connectivity index (χ2v) is 6.06. The fourth-order valence-electron chi connectivity index (χ4n) is 2.27. The molecule has 1 aromatic carbocycles. The minimum absolute atomic E-state index is 0. The second-order valence-electron chi connectivity index (χ2n) is 6.06. The Kier molecular flexibility index (Phi) is 17.6. The second kappa shape index (κ2) is 18.3. The van der Waals surface area contributed by atoms with Crippen LogP contribution in [-0.2, 0) is 16.0 Å². The van der Waals surface area contributed by atoms with Gasteiger partial charge in [0.1, 0.15) is 0 Å². The molecule has 3 N–H and O–H groups in total. The summed E-state index contributed by atoms with van der Waals surface area (Å²) >= 11 is 0. The molecule has 27 heavy (non-hydrogen) atoms. The number of ether oxygens (including phenoxy) is 2. The van der Waals surface area contributed by atoms with Gasteiger partial charge >= 0.3 is 0 Å². The van der Waals surface area contributed by atoms with Gasteiger partial charge in [0.05, 0.1) is 13.2 Å². The molecule has 1 rings (SSSR count). The Labute approximate surface area is 181 Å². The molecule has 0 aliphatic heterocycles. The number of hydrogen-bond acceptors (Lipinski definition) is 4. The molecule has 1 aromatic rings. The number of methoxy groups -OCH3 is 1. The van der Waals surface area contributed by atoms with Crippen LogP contribution in [0, 0.1) is 0 Å². The van der Waals surface area contributed by atoms with Gasteiger partial charge in [-0.05, 0) is 37.5 Å². The lowest BCUT2D eigenvalue weighted by Gasteiger charge is -2.11. The van der Waals surface area contributed by atoms with Crippen LogP contribution in [-0.4, -0.2) is 52.5 Å². The maximum absolute atomic E-state index is 5.58. The van der Waals surface area contributed by atoms with E-state index in [9.17, 15) is 0 Å². The number of nitrogens with zero attached hydrogens (tertiary/aromatic N) is 1. The molecular weight excluding hydrogens is 455 g/mol. The predicted molar refractivity (Wildman–Crippen MR) is 125 cm³/mol. The van der Waals surface area contributed by atoms with Crippen molar-refractivity contribution in [3.05, 3.63) is 29.8 Å². The van der Waals surface area contributed by atoms with E-state index in [1.54, 1.807) is 7.11 Å². The van der Waals surface area contributed by atoms with Crippen LogP contribution in [0.4, 0.5) is 5.69 Å². The van der Waals surface area contributed by atoms with Gasteiger partial charge in [0.15, 0.2) is 5.96 Å². The first kappa shape index (κ1) is 25.9. The van der Waals surface area contributed by atoms with Gasteiger partial charge in [0, 0.05) is 45.6 Å². The Hall–Kier alpha value is -1.06. The fourth-order valence-corrected chi connectivity index (χ4v) is 2.27. The molecule has 0 aliphatic carbocycles. The molecule has 0 fully saturated rings. The third-order valence-corrected chi connectivity index (χ3v) is 3.75. The molecule has 0 bridgehead atoms. The first-order valence-electron chi connectivity index (χ1n) is 9.71. The van der Waals surface area contributed by atoms with Gasteiger partial charge in [-0.2, -0.15) is 0 Å². The molecule has 0 saturated heterocycles. The third kappa shape index (κ3) is 13.7. The summed E-state index contributed by atoms with van der Waals surface area (Å²) in [7, 11) is 1.71. The van der Waals surface area contributed by atoms with E-state index in [0.29, 0.717) is 13.2 Å². The summed E-state index contributed by atoms with van der Waals surface area (Å²) in [6, 6.07) is 8.36. The van der Waals surface area contributed by atoms with Crippen LogP contribution < -0.4 is 16.0 Å². The number of hydrogen-bond donors (Lipinski definition) is 3. The lowest BCUT2D eigenvalue weighted by molar-refractivity contribution is 0.129. The highest BCUT2D eigenvalue weighted by atomic mass is 127. The van der Waals surface area contributed by atoms with Gasteiger partial charge < -0.3 is 25.4 Å². The van der Waals surface area contributed by atoms with Crippen molar-refractivity contribution in [2.75, 3.05) is 51.9 Å². The number of guanidine groups is 1. The molecule has 6 nitrogen and oxygen atoms in total. The van der Waals surface area contributed by atoms with Crippen LogP contribution in [0.5, 0.6) is 0 Å². The average Bonchev–Trinajstić information content (AvgIpc) is 2.66. The van der Waals surface area contributed by atoms with Crippen molar-refractivity contribution >= 4 is 35.6 Å². The van der Waals surface area contributed by atoms with Gasteiger partial charge in [-0.3, -0.25) is 0 Å². The van der Waals surface area contributed by atoms with Gasteiger partial charge in [-0.25, -0.2) is 4.99 Å². The molecule has 0 unspecified atom stereocenters. The first-order chi connectivity index (χ1) is 12.8. The van der Waals surface area contributed by atoms with Crippen LogP contribution >= 0.6 is 24.0 Å². The van der Waals surface area contributed by atoms with E-state index in [4.69, 9.17) is 9.47 Å². The summed E-state index contributed by atoms with van der Waals surface area (Å²) in [5, 5.41) is 9.95. The number of nitrogens with one attached hydrogen (secondary N) is 3. The van der Waals surface area contributed by atoms with Crippen LogP contribution in [0.25, 0.3) is 0 Å². The molecule has 0 spiro atoms. The van der Waals surface area contributed by atoms with E-state index in [1.807, 2.05) is 0 Å². The van der Waals surface area contributed by atoms with Crippen molar-refractivity contribution in [1.82, 2.24) is 10.6 Å². The Morgan fingerprint density at radius 3 is 2.37 bits per heavy atom. The lowest BCUT2D eigenvalue weighted by Crippen LogP contribution is -2.38. The van der Waals surface area contributed by atoms with Crippen molar-refractivity contribution in [2.45, 2.75) is 39.7 Å². The van der Waals surface area contributed by atoms with Gasteiger partial charge in [0.25, 0.3) is 0 Å². The minimum atomic E-state index is 0. The SMILES string of the molecule is CCCCOCCCNC(=NCc1ccc(NCCOC)cc1)NCC.I. The average molecular weight is 492 g/mol. The van der Waals surface area contributed by atoms with E-state index >= 15 is 0 Å². The van der Waals surface area contributed by atoms with E-state index in [0.717, 1.165) is 57.3 Å². The third-order valence-electron chi connectivity index (χ3n) is 3.75. The normalized spacial score (nSPS) is 11.0. The van der Waals surface area contributed by atoms with Crippen molar-refractivity contribution in [1.29, 1.82) is 0 Å². The van der Waals surface area contributed by atoms with Crippen LogP contribution in [0.2, 0.25) is 0 Å². The molecule has 0 saturated carbocycles. The zero-order valence-electron chi connectivity index (χ0n) is 17.1. The van der Waals surface area contributed by atoms with Crippen LogP contribution in [0.1, 0.15) is 38.7 Å². The Morgan fingerprint density at radius 1 is 0.963 bits per heavy atom. The number of anilines is 1. The molecular formula is C20H37IN4O2. The van der Waals surface area contributed by atoms with Crippen molar-refractivity contribution in [3.63, 3.8) is 0 Å². The summed E-state index contributed by atoms with van der Waals surface area (Å²) in [6.45, 7) is 9.78. The number of benzene rings is 1. The first-order valence-corrected chi connectivity index (χ1v) is 9.71. The molecule has 0 aromatic heterocycles. The maximum Gasteiger partial charge on any atom is 0.191 e. The number of unbranched alkanes of at least 4 members (excludes halogenated alkanes) is 1. The molecule has 7 heteroatoms. The zero-order valence-corrected chi connectivity index (χ0v) is 19.4. The van der Waals surface area contributed by atoms with Gasteiger partial charge in [-0.15, -0.1) is 24.0 Å². The standard InChI is InChI=1S/C20H36N4O2.HI/c1-4-6-14-26-15-7-12-23-20(21-5-2)24-17-18-8-10-19(11-9-18)22-13-16-25-3;/h8-11,22H,4-7,12-17H2,1-3H3,(H2,21,23,24);1H. The molecule has 0 radical (unpaired) electrons. The molecule has 0 atom stereocenters. The van der Waals surface area contributed by atoms with Gasteiger partial charge in [0.2, 0.25) is 0 Å². The summed E-state index contributed by atoms with van der Waals surface area (Å²) in [4.78, 5) is 4.65. The number of halogens is 1. The van der Waals surface area contributed by atoms with Crippen LogP contribution in [0.15, 0.2) is 29.3 Å². The lowest BCUT2D eigenvalue weighted by atomic mass is 10.2. The molecule has 0 heterocycles. The highest BCUT2D eigenvalue weighted by molar-refractivity contribution is 14.0. The van der Waals surface area contributed by atoms with Crippen molar-refractivity contribution in [3.8, 4) is 0 Å². The zero-order chi connectivity index (χ0) is 18.9. The summed E-state index contributed by atoms with van der Waals surface area (Å²) in [5.74, 6) is 0.850. The molecule has 156 valence electrons. The highest BCUT2D eigenvalue weighted by Gasteiger charge is 1.98. The van der Waals surface area contributed by atoms with Crippen molar-refractivity contribution < 1.29 is 9.47 Å². The van der Waals surface area contributed by atoms with E-state index in [-0.39, 0.29) is 24.0 Å². The Bertz CT molecular complexity index is 483. The monoisotopic (exact) mass is 492 g/mol. The Balaban J connectivity index is 0.00000676. The maximum atomic E-state index is 5.58. The number of aliphatic imine (C=N–C) groups is 1. The quantitative estimate of drug-likeness (QED) is 0.160. The summed E-state index contributed by atoms with van der Waals surface area (Å²) < 4.78 is 10.6. The molecule has 0 amide bonds. The van der Waals surface area contributed by atoms with E-state index in [2.05, 4.69) is 59.1 Å². The predicted octanol–water partition coefficient (Wildman–Crippen LogP) is 3.62.